The third kappa shape index (κ3) is 3.19. The molecule has 3 heterocycles. The summed E-state index contributed by atoms with van der Waals surface area (Å²) in [5.74, 6) is -0.486. The van der Waals surface area contributed by atoms with E-state index in [4.69, 9.17) is 0 Å². The quantitative estimate of drug-likeness (QED) is 0.559. The molecule has 1 aliphatic rings. The van der Waals surface area contributed by atoms with Gasteiger partial charge in [-0.1, -0.05) is 6.42 Å². The molecule has 7 heteroatoms. The monoisotopic (exact) mass is 395 g/mol. The van der Waals surface area contributed by atoms with Gasteiger partial charge in [-0.3, -0.25) is 4.68 Å². The Morgan fingerprint density at radius 2 is 1.86 bits per heavy atom. The number of pyridine rings is 1. The van der Waals surface area contributed by atoms with Gasteiger partial charge in [0.15, 0.2) is 17.3 Å². The Hall–Kier alpha value is -2.80. The van der Waals surface area contributed by atoms with Crippen molar-refractivity contribution in [2.45, 2.75) is 37.6 Å². The van der Waals surface area contributed by atoms with Crippen LogP contribution in [0, 0.1) is 11.6 Å². The molecule has 1 N–H and O–H groups in total. The molecule has 0 unspecified atom stereocenters. The third-order valence-electron chi connectivity index (χ3n) is 6.04. The topological polar surface area (TPSA) is 47.1 Å². The van der Waals surface area contributed by atoms with E-state index in [9.17, 15) is 8.78 Å². The number of hydrogen-bond acceptors (Lipinski definition) is 3. The molecule has 0 radical (unpaired) electrons. The Kier molecular flexibility index (Phi) is 4.35. The number of fused-ring (bicyclic) bond motifs is 2. The van der Waals surface area contributed by atoms with Gasteiger partial charge < -0.3 is 9.72 Å². The minimum absolute atomic E-state index is 0.318. The fourth-order valence-electron chi connectivity index (χ4n) is 4.53. The van der Waals surface area contributed by atoms with Crippen molar-refractivity contribution in [3.05, 3.63) is 54.1 Å². The van der Waals surface area contributed by atoms with Gasteiger partial charge in [-0.15, -0.1) is 0 Å². The Morgan fingerprint density at radius 1 is 1.03 bits per heavy atom. The average Bonchev–Trinajstić information content (AvgIpc) is 3.31. The molecule has 3 aromatic heterocycles. The molecule has 0 amide bonds. The van der Waals surface area contributed by atoms with E-state index in [0.717, 1.165) is 25.0 Å². The van der Waals surface area contributed by atoms with Crippen LogP contribution in [0.3, 0.4) is 0 Å². The van der Waals surface area contributed by atoms with Gasteiger partial charge in [-0.25, -0.2) is 13.8 Å². The second-order valence-electron chi connectivity index (χ2n) is 8.02. The van der Waals surface area contributed by atoms with Crippen LogP contribution in [0.25, 0.3) is 27.7 Å². The molecule has 5 rings (SSSR count). The summed E-state index contributed by atoms with van der Waals surface area (Å²) < 4.78 is 32.7. The van der Waals surface area contributed by atoms with Crippen LogP contribution in [0.1, 0.15) is 37.3 Å². The van der Waals surface area contributed by atoms with Crippen molar-refractivity contribution in [1.29, 1.82) is 0 Å². The Morgan fingerprint density at radius 3 is 2.69 bits per heavy atom. The third-order valence-corrected chi connectivity index (χ3v) is 6.04. The maximum atomic E-state index is 14.9. The van der Waals surface area contributed by atoms with Crippen LogP contribution in [-0.4, -0.2) is 32.3 Å². The maximum Gasteiger partial charge on any atom is 0.173 e. The highest BCUT2D eigenvalue weighted by Crippen LogP contribution is 2.34. The zero-order valence-electron chi connectivity index (χ0n) is 16.5. The van der Waals surface area contributed by atoms with Gasteiger partial charge in [0, 0.05) is 48.5 Å². The van der Waals surface area contributed by atoms with Crippen molar-refractivity contribution >= 4 is 16.6 Å². The lowest BCUT2D eigenvalue weighted by atomic mass is 9.84. The molecule has 29 heavy (non-hydrogen) atoms. The van der Waals surface area contributed by atoms with Gasteiger partial charge in [0.1, 0.15) is 5.52 Å². The highest BCUT2D eigenvalue weighted by atomic mass is 19.1. The summed E-state index contributed by atoms with van der Waals surface area (Å²) in [5.41, 5.74) is 2.79. The summed E-state index contributed by atoms with van der Waals surface area (Å²) in [6.07, 6.45) is 9.89. The first-order chi connectivity index (χ1) is 14.0. The Labute approximate surface area is 167 Å². The predicted molar refractivity (Wildman–Crippen MR) is 109 cm³/mol. The fraction of sp³-hybridized carbons (Fsp3) is 0.364. The van der Waals surface area contributed by atoms with E-state index < -0.39 is 11.6 Å². The molecule has 0 spiro atoms. The molecule has 1 aliphatic carbocycles. The minimum atomic E-state index is -0.412. The van der Waals surface area contributed by atoms with Crippen molar-refractivity contribution < 1.29 is 8.78 Å². The van der Waals surface area contributed by atoms with Gasteiger partial charge in [0.2, 0.25) is 0 Å². The summed E-state index contributed by atoms with van der Waals surface area (Å²) in [7, 11) is 3.74. The van der Waals surface area contributed by atoms with E-state index in [1.165, 1.54) is 18.6 Å². The minimum Gasteiger partial charge on any atom is -0.317 e. The zero-order chi connectivity index (χ0) is 20.1. The van der Waals surface area contributed by atoms with E-state index in [2.05, 4.69) is 15.4 Å². The van der Waals surface area contributed by atoms with E-state index in [-0.39, 0.29) is 0 Å². The SMILES string of the molecule is CN[C@@H]1CCC[C@H](c2cn3cc(-c4cc(F)c5nn(C)cc5c4)cc(F)c3n2)C1. The first kappa shape index (κ1) is 18.2. The first-order valence-corrected chi connectivity index (χ1v) is 10.0. The lowest BCUT2D eigenvalue weighted by molar-refractivity contribution is 0.352. The van der Waals surface area contributed by atoms with Crippen LogP contribution in [0.2, 0.25) is 0 Å². The molecule has 1 fully saturated rings. The number of rotatable bonds is 3. The maximum absolute atomic E-state index is 14.9. The first-order valence-electron chi connectivity index (χ1n) is 10.0. The van der Waals surface area contributed by atoms with Gasteiger partial charge >= 0.3 is 0 Å². The van der Waals surface area contributed by atoms with Crippen molar-refractivity contribution in [3.8, 4) is 11.1 Å². The highest BCUT2D eigenvalue weighted by molar-refractivity contribution is 5.84. The molecule has 0 bridgehead atoms. The molecule has 150 valence electrons. The summed E-state index contributed by atoms with van der Waals surface area (Å²) in [6.45, 7) is 0. The zero-order valence-corrected chi connectivity index (χ0v) is 16.5. The van der Waals surface area contributed by atoms with Crippen LogP contribution in [0.5, 0.6) is 0 Å². The highest BCUT2D eigenvalue weighted by Gasteiger charge is 2.25. The van der Waals surface area contributed by atoms with E-state index >= 15 is 0 Å². The summed E-state index contributed by atoms with van der Waals surface area (Å²) in [6, 6.07) is 5.16. The normalized spacial score (nSPS) is 20.0. The largest absolute Gasteiger partial charge is 0.317 e. The molecule has 1 aromatic carbocycles. The fourth-order valence-corrected chi connectivity index (χ4v) is 4.53. The summed E-state index contributed by atoms with van der Waals surface area (Å²) in [4.78, 5) is 4.58. The van der Waals surface area contributed by atoms with Crippen molar-refractivity contribution in [3.63, 3.8) is 0 Å². The molecular weight excluding hydrogens is 372 g/mol. The average molecular weight is 395 g/mol. The van der Waals surface area contributed by atoms with Crippen LogP contribution in [0.15, 0.2) is 36.8 Å². The van der Waals surface area contributed by atoms with Crippen LogP contribution < -0.4 is 5.32 Å². The second-order valence-corrected chi connectivity index (χ2v) is 8.02. The summed E-state index contributed by atoms with van der Waals surface area (Å²) in [5, 5.41) is 8.17. The Balaban J connectivity index is 1.56. The van der Waals surface area contributed by atoms with Gasteiger partial charge in [-0.2, -0.15) is 5.10 Å². The number of hydrogen-bond donors (Lipinski definition) is 1. The van der Waals surface area contributed by atoms with E-state index in [1.807, 2.05) is 25.5 Å². The van der Waals surface area contributed by atoms with E-state index in [0.29, 0.717) is 39.6 Å². The molecular formula is C22H23F2N5. The number of aryl methyl sites for hydroxylation is 1. The number of aromatic nitrogens is 4. The number of nitrogens with zero attached hydrogens (tertiary/aromatic N) is 4. The molecule has 0 aliphatic heterocycles. The molecule has 1 saturated carbocycles. The van der Waals surface area contributed by atoms with Gasteiger partial charge in [-0.05, 0) is 50.1 Å². The smallest absolute Gasteiger partial charge is 0.173 e. The molecule has 2 atom stereocenters. The number of halogens is 2. The Bertz CT molecular complexity index is 1210. The number of nitrogens with one attached hydrogen (secondary N) is 1. The summed E-state index contributed by atoms with van der Waals surface area (Å²) >= 11 is 0. The standard InChI is InChI=1S/C22H23F2N5/c1-25-17-5-3-4-13(7-17)20-12-29-11-15(9-19(24)22(29)26-20)14-6-16-10-28(2)27-21(16)18(23)8-14/h6,8-13,17,25H,3-5,7H2,1-2H3/t13-,17+/m0/s1. The van der Waals surface area contributed by atoms with Crippen LogP contribution in [-0.2, 0) is 7.05 Å². The molecule has 0 saturated heterocycles. The van der Waals surface area contributed by atoms with Gasteiger partial charge in [0.25, 0.3) is 0 Å². The molecule has 5 nitrogen and oxygen atoms in total. The van der Waals surface area contributed by atoms with Crippen LogP contribution in [0.4, 0.5) is 8.78 Å². The van der Waals surface area contributed by atoms with Crippen molar-refractivity contribution in [2.75, 3.05) is 7.05 Å². The van der Waals surface area contributed by atoms with E-state index in [1.54, 1.807) is 22.3 Å². The lowest BCUT2D eigenvalue weighted by Gasteiger charge is -2.27. The second kappa shape index (κ2) is 6.91. The predicted octanol–water partition coefficient (Wildman–Crippen LogP) is 4.41. The van der Waals surface area contributed by atoms with Crippen molar-refractivity contribution in [2.24, 2.45) is 7.05 Å². The van der Waals surface area contributed by atoms with Gasteiger partial charge in [0.05, 0.1) is 5.69 Å². The van der Waals surface area contributed by atoms with Crippen LogP contribution >= 0.6 is 0 Å². The number of benzene rings is 1. The number of imidazole rings is 1. The lowest BCUT2D eigenvalue weighted by Crippen LogP contribution is -2.30. The molecule has 4 aromatic rings. The van der Waals surface area contributed by atoms with Crippen molar-refractivity contribution in [1.82, 2.24) is 24.5 Å².